The second-order valence-corrected chi connectivity index (χ2v) is 4.76. The summed E-state index contributed by atoms with van der Waals surface area (Å²) in [6.45, 7) is 5.86. The maximum absolute atomic E-state index is 11.4. The van der Waals surface area contributed by atoms with Crippen molar-refractivity contribution in [1.29, 1.82) is 0 Å². The topological polar surface area (TPSA) is 84.9 Å². The number of hydrogen-bond donors (Lipinski definition) is 2. The summed E-state index contributed by atoms with van der Waals surface area (Å²) in [6, 6.07) is -0.941. The first-order chi connectivity index (χ1) is 7.29. The van der Waals surface area contributed by atoms with Crippen LogP contribution in [0.3, 0.4) is 0 Å². The number of ether oxygens (including phenoxy) is 2. The van der Waals surface area contributed by atoms with Crippen molar-refractivity contribution in [3.8, 4) is 0 Å². The zero-order chi connectivity index (χ0) is 12.3. The van der Waals surface area contributed by atoms with Gasteiger partial charge in [0.1, 0.15) is 11.6 Å². The van der Waals surface area contributed by atoms with Gasteiger partial charge in [0.15, 0.2) is 0 Å². The summed E-state index contributed by atoms with van der Waals surface area (Å²) in [5, 5.41) is 11.3. The van der Waals surface area contributed by atoms with Crippen molar-refractivity contribution >= 4 is 12.1 Å². The van der Waals surface area contributed by atoms with E-state index in [-0.39, 0.29) is 5.92 Å². The van der Waals surface area contributed by atoms with Crippen LogP contribution in [-0.4, -0.2) is 42.0 Å². The van der Waals surface area contributed by atoms with Crippen LogP contribution in [-0.2, 0) is 14.3 Å². The van der Waals surface area contributed by atoms with Crippen LogP contribution in [0, 0.1) is 5.92 Å². The summed E-state index contributed by atoms with van der Waals surface area (Å²) in [6.07, 6.45) is -0.716. The Morgan fingerprint density at radius 2 is 2.00 bits per heavy atom. The number of amides is 1. The van der Waals surface area contributed by atoms with Gasteiger partial charge in [-0.2, -0.15) is 0 Å². The largest absolute Gasteiger partial charge is 0.480 e. The highest BCUT2D eigenvalue weighted by Crippen LogP contribution is 2.16. The smallest absolute Gasteiger partial charge is 0.408 e. The van der Waals surface area contributed by atoms with Crippen LogP contribution >= 0.6 is 0 Å². The average Bonchev–Trinajstić information content (AvgIpc) is 1.95. The molecule has 1 atom stereocenters. The fourth-order valence-electron chi connectivity index (χ4n) is 1.26. The van der Waals surface area contributed by atoms with Crippen molar-refractivity contribution in [3.63, 3.8) is 0 Å². The molecule has 1 aliphatic rings. The lowest BCUT2D eigenvalue weighted by Crippen LogP contribution is -2.53. The van der Waals surface area contributed by atoms with Gasteiger partial charge in [-0.3, -0.25) is 0 Å². The highest BCUT2D eigenvalue weighted by atomic mass is 16.6. The molecule has 0 aliphatic carbocycles. The number of nitrogens with one attached hydrogen (secondary N) is 1. The van der Waals surface area contributed by atoms with Gasteiger partial charge < -0.3 is 19.9 Å². The van der Waals surface area contributed by atoms with E-state index >= 15 is 0 Å². The minimum Gasteiger partial charge on any atom is -0.480 e. The third kappa shape index (κ3) is 3.69. The molecule has 1 saturated heterocycles. The Bertz CT molecular complexity index is 279. The summed E-state index contributed by atoms with van der Waals surface area (Å²) in [4.78, 5) is 22.3. The van der Waals surface area contributed by atoms with Gasteiger partial charge in [0.2, 0.25) is 0 Å². The molecule has 0 unspecified atom stereocenters. The summed E-state index contributed by atoms with van der Waals surface area (Å²) in [7, 11) is 0. The molecule has 0 bridgehead atoms. The highest BCUT2D eigenvalue weighted by Gasteiger charge is 2.35. The minimum absolute atomic E-state index is 0.176. The maximum Gasteiger partial charge on any atom is 0.408 e. The summed E-state index contributed by atoms with van der Waals surface area (Å²) < 4.78 is 9.88. The Labute approximate surface area is 93.9 Å². The summed E-state index contributed by atoms with van der Waals surface area (Å²) in [5.74, 6) is -1.25. The van der Waals surface area contributed by atoms with Crippen molar-refractivity contribution in [1.82, 2.24) is 5.32 Å². The highest BCUT2D eigenvalue weighted by molar-refractivity contribution is 5.80. The van der Waals surface area contributed by atoms with Crippen molar-refractivity contribution in [3.05, 3.63) is 0 Å². The zero-order valence-electron chi connectivity index (χ0n) is 9.65. The number of aliphatic carboxylic acids is 1. The second-order valence-electron chi connectivity index (χ2n) is 4.76. The third-order valence-corrected chi connectivity index (χ3v) is 2.07. The number of rotatable bonds is 3. The van der Waals surface area contributed by atoms with E-state index in [1.165, 1.54) is 0 Å². The molecule has 6 heteroatoms. The molecule has 6 nitrogen and oxygen atoms in total. The van der Waals surface area contributed by atoms with Gasteiger partial charge >= 0.3 is 12.1 Å². The average molecular weight is 231 g/mol. The number of alkyl carbamates (subject to hydrolysis) is 1. The van der Waals surface area contributed by atoms with E-state index in [0.29, 0.717) is 13.2 Å². The van der Waals surface area contributed by atoms with Crippen molar-refractivity contribution in [2.24, 2.45) is 5.92 Å². The lowest BCUT2D eigenvalue weighted by Gasteiger charge is -2.32. The number of carbonyl (C=O) groups is 2. The van der Waals surface area contributed by atoms with Crippen LogP contribution in [0.15, 0.2) is 0 Å². The first kappa shape index (κ1) is 12.8. The van der Waals surface area contributed by atoms with Crippen LogP contribution in [0.5, 0.6) is 0 Å². The standard InChI is InChI=1S/C10H17NO5/c1-10(2,3)16-9(14)11-7(8(12)13)6-4-15-5-6/h6-7H,4-5H2,1-3H3,(H,11,14)(H,12,13)/t7-/m0/s1. The van der Waals surface area contributed by atoms with E-state index in [0.717, 1.165) is 0 Å². The molecule has 92 valence electrons. The Balaban J connectivity index is 2.48. The molecule has 0 aromatic carbocycles. The molecule has 1 aliphatic heterocycles. The molecule has 1 heterocycles. The Hall–Kier alpha value is -1.30. The molecule has 16 heavy (non-hydrogen) atoms. The number of carboxylic acid groups (broad SMARTS) is 1. The molecule has 1 fully saturated rings. The molecule has 0 aromatic rings. The van der Waals surface area contributed by atoms with E-state index in [1.54, 1.807) is 20.8 Å². The molecule has 1 rings (SSSR count). The predicted octanol–water partition coefficient (Wildman–Crippen LogP) is 0.611. The van der Waals surface area contributed by atoms with Crippen molar-refractivity contribution < 1.29 is 24.2 Å². The van der Waals surface area contributed by atoms with Gasteiger partial charge in [0, 0.05) is 5.92 Å². The minimum atomic E-state index is -1.07. The summed E-state index contributed by atoms with van der Waals surface area (Å²) in [5.41, 5.74) is -0.636. The van der Waals surface area contributed by atoms with E-state index in [9.17, 15) is 9.59 Å². The van der Waals surface area contributed by atoms with Crippen LogP contribution < -0.4 is 5.32 Å². The Kier molecular flexibility index (Phi) is 3.74. The van der Waals surface area contributed by atoms with Gasteiger partial charge in [0.05, 0.1) is 13.2 Å². The van der Waals surface area contributed by atoms with Crippen LogP contribution in [0.2, 0.25) is 0 Å². The normalized spacial score (nSPS) is 18.4. The zero-order valence-corrected chi connectivity index (χ0v) is 9.65. The van der Waals surface area contributed by atoms with E-state index in [2.05, 4.69) is 5.32 Å². The molecule has 2 N–H and O–H groups in total. The number of carboxylic acids is 1. The molecule has 1 amide bonds. The number of carbonyl (C=O) groups excluding carboxylic acids is 1. The molecular formula is C10H17NO5. The monoisotopic (exact) mass is 231 g/mol. The lowest BCUT2D eigenvalue weighted by atomic mass is 9.98. The molecule has 0 saturated carbocycles. The lowest BCUT2D eigenvalue weighted by molar-refractivity contribution is -0.147. The fourth-order valence-corrected chi connectivity index (χ4v) is 1.26. The van der Waals surface area contributed by atoms with Crippen LogP contribution in [0.4, 0.5) is 4.79 Å². The van der Waals surface area contributed by atoms with Gasteiger partial charge in [-0.25, -0.2) is 9.59 Å². The molecule has 0 radical (unpaired) electrons. The Morgan fingerprint density at radius 1 is 1.44 bits per heavy atom. The second kappa shape index (κ2) is 4.69. The molecule has 0 aromatic heterocycles. The molecule has 0 spiro atoms. The van der Waals surface area contributed by atoms with E-state index in [1.807, 2.05) is 0 Å². The van der Waals surface area contributed by atoms with E-state index in [4.69, 9.17) is 14.6 Å². The SMILES string of the molecule is CC(C)(C)OC(=O)N[C@H](C(=O)O)C1COC1. The predicted molar refractivity (Wildman–Crippen MR) is 55.1 cm³/mol. The fraction of sp³-hybridized carbons (Fsp3) is 0.800. The van der Waals surface area contributed by atoms with E-state index < -0.39 is 23.7 Å². The number of hydrogen-bond acceptors (Lipinski definition) is 4. The van der Waals surface area contributed by atoms with Gasteiger partial charge in [-0.1, -0.05) is 0 Å². The van der Waals surface area contributed by atoms with Crippen molar-refractivity contribution in [2.75, 3.05) is 13.2 Å². The van der Waals surface area contributed by atoms with Gasteiger partial charge in [-0.05, 0) is 20.8 Å². The Morgan fingerprint density at radius 3 is 2.31 bits per heavy atom. The van der Waals surface area contributed by atoms with Crippen LogP contribution in [0.25, 0.3) is 0 Å². The van der Waals surface area contributed by atoms with Crippen molar-refractivity contribution in [2.45, 2.75) is 32.4 Å². The van der Waals surface area contributed by atoms with Crippen LogP contribution in [0.1, 0.15) is 20.8 Å². The van der Waals surface area contributed by atoms with Gasteiger partial charge in [-0.15, -0.1) is 0 Å². The quantitative estimate of drug-likeness (QED) is 0.743. The first-order valence-electron chi connectivity index (χ1n) is 5.09. The molecular weight excluding hydrogens is 214 g/mol. The summed E-state index contributed by atoms with van der Waals surface area (Å²) >= 11 is 0. The van der Waals surface area contributed by atoms with Gasteiger partial charge in [0.25, 0.3) is 0 Å². The first-order valence-corrected chi connectivity index (χ1v) is 5.09. The maximum atomic E-state index is 11.4. The third-order valence-electron chi connectivity index (χ3n) is 2.07.